The van der Waals surface area contributed by atoms with Crippen LogP contribution in [-0.2, 0) is 4.74 Å². The molecule has 1 aromatic carbocycles. The summed E-state index contributed by atoms with van der Waals surface area (Å²) in [6.45, 7) is 12.6. The van der Waals surface area contributed by atoms with Crippen LogP contribution in [-0.4, -0.2) is 18.7 Å². The van der Waals surface area contributed by atoms with Crippen molar-refractivity contribution in [1.29, 1.82) is 0 Å². The molecule has 1 aromatic rings. The van der Waals surface area contributed by atoms with Crippen molar-refractivity contribution < 1.29 is 4.74 Å². The molecule has 19 heavy (non-hydrogen) atoms. The van der Waals surface area contributed by atoms with Crippen molar-refractivity contribution in [2.24, 2.45) is 0 Å². The van der Waals surface area contributed by atoms with E-state index in [1.54, 1.807) is 0 Å². The molecule has 1 rings (SSSR count). The van der Waals surface area contributed by atoms with E-state index in [0.717, 1.165) is 19.6 Å². The highest BCUT2D eigenvalue weighted by Gasteiger charge is 2.17. The molecule has 1 atom stereocenters. The van der Waals surface area contributed by atoms with E-state index in [4.69, 9.17) is 4.74 Å². The third kappa shape index (κ3) is 6.22. The lowest BCUT2D eigenvalue weighted by atomic mass is 10.0. The highest BCUT2D eigenvalue weighted by molar-refractivity contribution is 5.28. The molecule has 2 heteroatoms. The van der Waals surface area contributed by atoms with Crippen molar-refractivity contribution in [2.45, 2.75) is 59.1 Å². The van der Waals surface area contributed by atoms with Crippen molar-refractivity contribution in [3.05, 3.63) is 35.4 Å². The second-order valence-corrected chi connectivity index (χ2v) is 6.20. The van der Waals surface area contributed by atoms with E-state index in [1.165, 1.54) is 17.5 Å². The maximum absolute atomic E-state index is 6.08. The largest absolute Gasteiger partial charge is 0.372 e. The molecule has 108 valence electrons. The SMILES string of the molecule is CCCCOC(CNC(C)(C)C)c1ccccc1C. The molecule has 0 saturated heterocycles. The molecule has 0 saturated carbocycles. The lowest BCUT2D eigenvalue weighted by Crippen LogP contribution is -2.39. The Labute approximate surface area is 118 Å². The number of hydrogen-bond donors (Lipinski definition) is 1. The highest BCUT2D eigenvalue weighted by Crippen LogP contribution is 2.21. The topological polar surface area (TPSA) is 21.3 Å². The predicted molar refractivity (Wildman–Crippen MR) is 82.5 cm³/mol. The minimum Gasteiger partial charge on any atom is -0.372 e. The zero-order valence-electron chi connectivity index (χ0n) is 13.1. The van der Waals surface area contributed by atoms with Gasteiger partial charge in [-0.25, -0.2) is 0 Å². The molecule has 0 aliphatic heterocycles. The van der Waals surface area contributed by atoms with E-state index < -0.39 is 0 Å². The van der Waals surface area contributed by atoms with Crippen molar-refractivity contribution in [2.75, 3.05) is 13.2 Å². The van der Waals surface area contributed by atoms with Crippen LogP contribution in [0, 0.1) is 6.92 Å². The third-order valence-electron chi connectivity index (χ3n) is 3.17. The number of benzene rings is 1. The van der Waals surface area contributed by atoms with Gasteiger partial charge >= 0.3 is 0 Å². The summed E-state index contributed by atoms with van der Waals surface area (Å²) in [5, 5.41) is 3.55. The Morgan fingerprint density at radius 2 is 1.89 bits per heavy atom. The van der Waals surface area contributed by atoms with Crippen LogP contribution in [0.15, 0.2) is 24.3 Å². The first-order chi connectivity index (χ1) is 8.94. The summed E-state index contributed by atoms with van der Waals surface area (Å²) in [4.78, 5) is 0. The summed E-state index contributed by atoms with van der Waals surface area (Å²) in [5.74, 6) is 0. The summed E-state index contributed by atoms with van der Waals surface area (Å²) >= 11 is 0. The first kappa shape index (κ1) is 16.2. The molecule has 0 fully saturated rings. The molecular weight excluding hydrogens is 234 g/mol. The molecule has 0 spiro atoms. The number of unbranched alkanes of at least 4 members (excludes halogenated alkanes) is 1. The maximum atomic E-state index is 6.08. The number of aryl methyl sites for hydroxylation is 1. The zero-order valence-corrected chi connectivity index (χ0v) is 13.1. The first-order valence-electron chi connectivity index (χ1n) is 7.36. The van der Waals surface area contributed by atoms with Crippen LogP contribution in [0.4, 0.5) is 0 Å². The third-order valence-corrected chi connectivity index (χ3v) is 3.17. The number of nitrogens with one attached hydrogen (secondary N) is 1. The molecule has 0 bridgehead atoms. The van der Waals surface area contributed by atoms with E-state index in [1.807, 2.05) is 0 Å². The van der Waals surface area contributed by atoms with Crippen LogP contribution in [0.2, 0.25) is 0 Å². The second kappa shape index (κ2) is 7.66. The molecule has 0 aliphatic rings. The molecule has 1 N–H and O–H groups in total. The second-order valence-electron chi connectivity index (χ2n) is 6.20. The summed E-state index contributed by atoms with van der Waals surface area (Å²) < 4.78 is 6.08. The zero-order chi connectivity index (χ0) is 14.3. The fraction of sp³-hybridized carbons (Fsp3) is 0.647. The van der Waals surface area contributed by atoms with Gasteiger partial charge < -0.3 is 10.1 Å². The molecule has 2 nitrogen and oxygen atoms in total. The van der Waals surface area contributed by atoms with E-state index in [9.17, 15) is 0 Å². The van der Waals surface area contributed by atoms with Gasteiger partial charge in [0.1, 0.15) is 0 Å². The van der Waals surface area contributed by atoms with E-state index in [-0.39, 0.29) is 11.6 Å². The summed E-state index contributed by atoms with van der Waals surface area (Å²) in [5.41, 5.74) is 2.73. The molecule has 0 amide bonds. The minimum absolute atomic E-state index is 0.120. The molecular formula is C17H29NO. The Morgan fingerprint density at radius 3 is 2.47 bits per heavy atom. The number of rotatable bonds is 7. The van der Waals surface area contributed by atoms with Gasteiger partial charge in [-0.1, -0.05) is 37.6 Å². The van der Waals surface area contributed by atoms with Crippen molar-refractivity contribution in [3.8, 4) is 0 Å². The van der Waals surface area contributed by atoms with Gasteiger partial charge in [-0.2, -0.15) is 0 Å². The van der Waals surface area contributed by atoms with Crippen LogP contribution in [0.5, 0.6) is 0 Å². The molecule has 0 radical (unpaired) electrons. The Bertz CT molecular complexity index is 368. The van der Waals surface area contributed by atoms with Gasteiger partial charge in [0.25, 0.3) is 0 Å². The van der Waals surface area contributed by atoms with E-state index >= 15 is 0 Å². The lowest BCUT2D eigenvalue weighted by Gasteiger charge is -2.26. The van der Waals surface area contributed by atoms with Gasteiger partial charge in [0.2, 0.25) is 0 Å². The number of hydrogen-bond acceptors (Lipinski definition) is 2. The fourth-order valence-corrected chi connectivity index (χ4v) is 1.98. The van der Waals surface area contributed by atoms with Gasteiger partial charge in [0.05, 0.1) is 6.10 Å². The lowest BCUT2D eigenvalue weighted by molar-refractivity contribution is 0.0460. The Hall–Kier alpha value is -0.860. The quantitative estimate of drug-likeness (QED) is 0.743. The standard InChI is InChI=1S/C17H29NO/c1-6-7-12-19-16(13-18-17(3,4)5)15-11-9-8-10-14(15)2/h8-11,16,18H,6-7,12-13H2,1-5H3. The summed E-state index contributed by atoms with van der Waals surface area (Å²) in [7, 11) is 0. The van der Waals surface area contributed by atoms with E-state index in [0.29, 0.717) is 0 Å². The number of ether oxygens (including phenoxy) is 1. The Morgan fingerprint density at radius 1 is 1.21 bits per heavy atom. The Balaban J connectivity index is 2.71. The predicted octanol–water partition coefficient (Wildman–Crippen LogP) is 4.24. The molecule has 0 aliphatic carbocycles. The maximum Gasteiger partial charge on any atom is 0.0951 e. The monoisotopic (exact) mass is 263 g/mol. The smallest absolute Gasteiger partial charge is 0.0951 e. The van der Waals surface area contributed by atoms with Gasteiger partial charge in [-0.05, 0) is 45.2 Å². The molecule has 0 heterocycles. The normalized spacial score (nSPS) is 13.5. The highest BCUT2D eigenvalue weighted by atomic mass is 16.5. The van der Waals surface area contributed by atoms with Crippen molar-refractivity contribution >= 4 is 0 Å². The summed E-state index contributed by atoms with van der Waals surface area (Å²) in [6, 6.07) is 8.51. The van der Waals surface area contributed by atoms with Crippen LogP contribution in [0.3, 0.4) is 0 Å². The van der Waals surface area contributed by atoms with Crippen molar-refractivity contribution in [1.82, 2.24) is 5.32 Å². The summed E-state index contributed by atoms with van der Waals surface area (Å²) in [6.07, 6.45) is 2.44. The Kier molecular flexibility index (Phi) is 6.53. The molecule has 1 unspecified atom stereocenters. The van der Waals surface area contributed by atoms with Gasteiger partial charge in [0.15, 0.2) is 0 Å². The van der Waals surface area contributed by atoms with Crippen LogP contribution >= 0.6 is 0 Å². The van der Waals surface area contributed by atoms with Gasteiger partial charge in [-0.3, -0.25) is 0 Å². The first-order valence-corrected chi connectivity index (χ1v) is 7.36. The van der Waals surface area contributed by atoms with Crippen molar-refractivity contribution in [3.63, 3.8) is 0 Å². The average molecular weight is 263 g/mol. The average Bonchev–Trinajstić information content (AvgIpc) is 2.33. The van der Waals surface area contributed by atoms with Gasteiger partial charge in [0, 0.05) is 18.7 Å². The van der Waals surface area contributed by atoms with E-state index in [2.05, 4.69) is 64.2 Å². The van der Waals surface area contributed by atoms with Gasteiger partial charge in [-0.15, -0.1) is 0 Å². The van der Waals surface area contributed by atoms with Crippen LogP contribution in [0.1, 0.15) is 57.8 Å². The van der Waals surface area contributed by atoms with Crippen LogP contribution < -0.4 is 5.32 Å². The minimum atomic E-state index is 0.120. The fourth-order valence-electron chi connectivity index (χ4n) is 1.98. The molecule has 0 aromatic heterocycles. The van der Waals surface area contributed by atoms with Crippen LogP contribution in [0.25, 0.3) is 0 Å².